The molecule has 0 saturated carbocycles. The van der Waals surface area contributed by atoms with Gasteiger partial charge in [0, 0.05) is 0 Å². The maximum absolute atomic E-state index is 12.1. The first-order valence-electron chi connectivity index (χ1n) is 5.80. The van der Waals surface area contributed by atoms with Crippen LogP contribution in [-0.2, 0) is 6.18 Å². The number of rotatable bonds is 0. The second-order valence-corrected chi connectivity index (χ2v) is 4.06. The molecule has 6 heteroatoms. The lowest BCUT2D eigenvalue weighted by Gasteiger charge is -1.98. The Kier molecular flexibility index (Phi) is 3.86. The molecule has 98 valence electrons. The molecule has 1 aromatic heterocycles. The number of nitrogens with one attached hydrogen (secondary N) is 2. The summed E-state index contributed by atoms with van der Waals surface area (Å²) in [6, 6.07) is 6.38. The van der Waals surface area contributed by atoms with E-state index in [1.807, 2.05) is 0 Å². The van der Waals surface area contributed by atoms with Gasteiger partial charge in [-0.3, -0.25) is 0 Å². The molecular weight excluding hydrogens is 243 g/mol. The summed E-state index contributed by atoms with van der Waals surface area (Å²) < 4.78 is 36.4. The Morgan fingerprint density at radius 3 is 2.22 bits per heavy atom. The zero-order chi connectivity index (χ0) is 13.0. The van der Waals surface area contributed by atoms with Crippen LogP contribution in [0.25, 0.3) is 11.0 Å². The number of aromatic amines is 1. The molecule has 0 bridgehead atoms. The highest BCUT2D eigenvalue weighted by molar-refractivity contribution is 5.74. The van der Waals surface area contributed by atoms with Gasteiger partial charge < -0.3 is 10.3 Å². The van der Waals surface area contributed by atoms with E-state index in [0.717, 1.165) is 0 Å². The van der Waals surface area contributed by atoms with Gasteiger partial charge in [0.25, 0.3) is 0 Å². The van der Waals surface area contributed by atoms with Crippen molar-refractivity contribution in [3.05, 3.63) is 30.1 Å². The van der Waals surface area contributed by atoms with Gasteiger partial charge >= 0.3 is 6.18 Å². The fourth-order valence-electron chi connectivity index (χ4n) is 1.71. The van der Waals surface area contributed by atoms with E-state index in [1.54, 1.807) is 18.2 Å². The monoisotopic (exact) mass is 257 g/mol. The van der Waals surface area contributed by atoms with Crippen LogP contribution >= 0.6 is 0 Å². The second-order valence-electron chi connectivity index (χ2n) is 4.06. The Labute approximate surface area is 102 Å². The number of para-hydroxylation sites is 2. The maximum Gasteiger partial charge on any atom is 0.449 e. The van der Waals surface area contributed by atoms with Gasteiger partial charge in [-0.15, -0.1) is 0 Å². The van der Waals surface area contributed by atoms with E-state index in [1.165, 1.54) is 32.0 Å². The van der Waals surface area contributed by atoms with E-state index < -0.39 is 12.0 Å². The molecule has 2 aromatic rings. The zero-order valence-corrected chi connectivity index (χ0v) is 9.72. The predicted octanol–water partition coefficient (Wildman–Crippen LogP) is 2.95. The number of benzene rings is 1. The maximum atomic E-state index is 12.1. The van der Waals surface area contributed by atoms with E-state index in [9.17, 15) is 13.2 Å². The lowest BCUT2D eigenvalue weighted by molar-refractivity contribution is -0.144. The van der Waals surface area contributed by atoms with Crippen molar-refractivity contribution in [3.63, 3.8) is 0 Å². The Balaban J connectivity index is 0.000000202. The molecule has 18 heavy (non-hydrogen) atoms. The molecule has 2 N–H and O–H groups in total. The summed E-state index contributed by atoms with van der Waals surface area (Å²) >= 11 is 0. The van der Waals surface area contributed by atoms with Crippen LogP contribution in [0.3, 0.4) is 0 Å². The zero-order valence-electron chi connectivity index (χ0n) is 9.72. The van der Waals surface area contributed by atoms with Gasteiger partial charge in [-0.25, -0.2) is 4.98 Å². The molecular formula is C12H14F3N3. The van der Waals surface area contributed by atoms with Crippen molar-refractivity contribution >= 4 is 11.0 Å². The number of halogens is 3. The number of hydrogen-bond donors (Lipinski definition) is 2. The molecule has 0 unspecified atom stereocenters. The van der Waals surface area contributed by atoms with E-state index in [0.29, 0.717) is 11.0 Å². The van der Waals surface area contributed by atoms with Crippen molar-refractivity contribution in [3.8, 4) is 0 Å². The first kappa shape index (κ1) is 12.9. The fourth-order valence-corrected chi connectivity index (χ4v) is 1.71. The molecule has 3 rings (SSSR count). The molecule has 1 aliphatic rings. The molecule has 1 saturated heterocycles. The molecule has 2 heterocycles. The van der Waals surface area contributed by atoms with Gasteiger partial charge in [-0.05, 0) is 38.1 Å². The molecule has 1 fully saturated rings. The molecule has 0 aliphatic carbocycles. The summed E-state index contributed by atoms with van der Waals surface area (Å²) in [5.74, 6) is -0.950. The minimum atomic E-state index is -4.40. The van der Waals surface area contributed by atoms with Crippen molar-refractivity contribution < 1.29 is 13.2 Å². The minimum Gasteiger partial charge on any atom is -0.334 e. The van der Waals surface area contributed by atoms with Crippen LogP contribution in [-0.4, -0.2) is 23.1 Å². The third-order valence-electron chi connectivity index (χ3n) is 2.61. The molecule has 0 radical (unpaired) electrons. The number of fused-ring (bicyclic) bond motifs is 1. The first-order valence-corrected chi connectivity index (χ1v) is 5.80. The topological polar surface area (TPSA) is 40.7 Å². The fraction of sp³-hybridized carbons (Fsp3) is 0.417. The SMILES string of the molecule is C1CCNC1.FC(F)(F)c1nc2ccccc2[nH]1. The average molecular weight is 257 g/mol. The van der Waals surface area contributed by atoms with Crippen LogP contribution in [0.15, 0.2) is 24.3 Å². The first-order chi connectivity index (χ1) is 8.57. The Morgan fingerprint density at radius 1 is 1.06 bits per heavy atom. The van der Waals surface area contributed by atoms with Crippen molar-refractivity contribution in [2.75, 3.05) is 13.1 Å². The molecule has 1 aliphatic heterocycles. The Morgan fingerprint density at radius 2 is 1.72 bits per heavy atom. The quantitative estimate of drug-likeness (QED) is 0.761. The number of hydrogen-bond acceptors (Lipinski definition) is 2. The Hall–Kier alpha value is -1.56. The highest BCUT2D eigenvalue weighted by Crippen LogP contribution is 2.28. The van der Waals surface area contributed by atoms with Crippen molar-refractivity contribution in [2.45, 2.75) is 19.0 Å². The average Bonchev–Trinajstić information content (AvgIpc) is 3.01. The van der Waals surface area contributed by atoms with Gasteiger partial charge in [-0.2, -0.15) is 13.2 Å². The van der Waals surface area contributed by atoms with E-state index in [4.69, 9.17) is 0 Å². The van der Waals surface area contributed by atoms with Crippen molar-refractivity contribution in [2.24, 2.45) is 0 Å². The molecule has 0 amide bonds. The number of H-pyrrole nitrogens is 1. The van der Waals surface area contributed by atoms with Crippen LogP contribution in [0.4, 0.5) is 13.2 Å². The highest BCUT2D eigenvalue weighted by atomic mass is 19.4. The number of alkyl halides is 3. The van der Waals surface area contributed by atoms with Crippen molar-refractivity contribution in [1.82, 2.24) is 15.3 Å². The van der Waals surface area contributed by atoms with Crippen LogP contribution in [0.2, 0.25) is 0 Å². The van der Waals surface area contributed by atoms with Crippen LogP contribution in [0, 0.1) is 0 Å². The van der Waals surface area contributed by atoms with Crippen LogP contribution < -0.4 is 5.32 Å². The number of nitrogens with zero attached hydrogens (tertiary/aromatic N) is 1. The lowest BCUT2D eigenvalue weighted by Crippen LogP contribution is -2.06. The molecule has 3 nitrogen and oxygen atoms in total. The third kappa shape index (κ3) is 3.22. The minimum absolute atomic E-state index is 0.329. The smallest absolute Gasteiger partial charge is 0.334 e. The predicted molar refractivity (Wildman–Crippen MR) is 63.2 cm³/mol. The summed E-state index contributed by atoms with van der Waals surface area (Å²) in [4.78, 5) is 5.60. The van der Waals surface area contributed by atoms with Gasteiger partial charge in [0.1, 0.15) is 0 Å². The number of imidazole rings is 1. The summed E-state index contributed by atoms with van der Waals surface area (Å²) in [5, 5.41) is 3.22. The molecule has 0 spiro atoms. The Bertz CT molecular complexity index is 460. The lowest BCUT2D eigenvalue weighted by atomic mass is 10.3. The van der Waals surface area contributed by atoms with E-state index in [2.05, 4.69) is 15.3 Å². The summed E-state index contributed by atoms with van der Waals surface area (Å²) in [7, 11) is 0. The number of aromatic nitrogens is 2. The summed E-state index contributed by atoms with van der Waals surface area (Å²) in [6.07, 6.45) is -1.63. The largest absolute Gasteiger partial charge is 0.449 e. The standard InChI is InChI=1S/C8H5F3N2.C4H9N/c9-8(10,11)7-12-5-3-1-2-4-6(5)13-7;1-2-4-5-3-1/h1-4H,(H,12,13);5H,1-4H2. The van der Waals surface area contributed by atoms with Gasteiger partial charge in [0.15, 0.2) is 0 Å². The van der Waals surface area contributed by atoms with Crippen LogP contribution in [0.1, 0.15) is 18.7 Å². The summed E-state index contributed by atoms with van der Waals surface area (Å²) in [5.41, 5.74) is 0.727. The van der Waals surface area contributed by atoms with Gasteiger partial charge in [0.2, 0.25) is 5.82 Å². The van der Waals surface area contributed by atoms with E-state index >= 15 is 0 Å². The van der Waals surface area contributed by atoms with Gasteiger partial charge in [0.05, 0.1) is 11.0 Å². The van der Waals surface area contributed by atoms with Crippen molar-refractivity contribution in [1.29, 1.82) is 0 Å². The van der Waals surface area contributed by atoms with Crippen LogP contribution in [0.5, 0.6) is 0 Å². The third-order valence-corrected chi connectivity index (χ3v) is 2.61. The molecule has 1 aromatic carbocycles. The van der Waals surface area contributed by atoms with E-state index in [-0.39, 0.29) is 0 Å². The molecule has 0 atom stereocenters. The van der Waals surface area contributed by atoms with Gasteiger partial charge in [-0.1, -0.05) is 12.1 Å². The normalized spacial score (nSPS) is 15.5. The summed E-state index contributed by atoms with van der Waals surface area (Å²) in [6.45, 7) is 2.50. The highest BCUT2D eigenvalue weighted by Gasteiger charge is 2.34. The second kappa shape index (κ2) is 5.39.